The summed E-state index contributed by atoms with van der Waals surface area (Å²) in [6.07, 6.45) is 1.52. The maximum Gasteiger partial charge on any atom is 0.370 e. The summed E-state index contributed by atoms with van der Waals surface area (Å²) in [5.74, 6) is -2.34. The Balaban J connectivity index is 2.02. The van der Waals surface area contributed by atoms with Gasteiger partial charge in [0.05, 0.1) is 0 Å². The van der Waals surface area contributed by atoms with Gasteiger partial charge in [0.1, 0.15) is 6.10 Å². The summed E-state index contributed by atoms with van der Waals surface area (Å²) in [6.45, 7) is 2.66. The number of carboxylic acid groups (broad SMARTS) is 1. The third-order valence-corrected chi connectivity index (χ3v) is 4.15. The average Bonchev–Trinajstić information content (AvgIpc) is 2.96. The van der Waals surface area contributed by atoms with E-state index in [1.807, 2.05) is 47.9 Å². The molecule has 3 aromatic rings. The maximum absolute atomic E-state index is 10.8. The van der Waals surface area contributed by atoms with E-state index in [9.17, 15) is 15.0 Å². The minimum absolute atomic E-state index is 0.551. The number of aliphatic carboxylic acids is 1. The lowest BCUT2D eigenvalue weighted by Gasteiger charge is -2.06. The largest absolute Gasteiger partial charge is 0.502 e. The van der Waals surface area contributed by atoms with Crippen LogP contribution in [-0.4, -0.2) is 25.9 Å². The smallest absolute Gasteiger partial charge is 0.370 e. The predicted octanol–water partition coefficient (Wildman–Crippen LogP) is 3.56. The lowest BCUT2D eigenvalue weighted by molar-refractivity contribution is -0.135. The van der Waals surface area contributed by atoms with Gasteiger partial charge < -0.3 is 19.9 Å². The molecule has 0 amide bonds. The number of aliphatic hydroxyl groups excluding tert-OH is 2. The number of carboxylic acids is 1. The summed E-state index contributed by atoms with van der Waals surface area (Å²) in [6, 6.07) is 15.8. The molecule has 2 aromatic carbocycles. The first kappa shape index (κ1) is 16.8. The molecule has 1 atom stereocenters. The number of hydrogen-bond acceptors (Lipinski definition) is 3. The summed E-state index contributed by atoms with van der Waals surface area (Å²) in [7, 11) is 0. The van der Waals surface area contributed by atoms with Crippen LogP contribution in [0.2, 0.25) is 0 Å². The number of benzene rings is 2. The predicted molar refractivity (Wildman–Crippen MR) is 95.5 cm³/mol. The van der Waals surface area contributed by atoms with E-state index in [0.717, 1.165) is 22.5 Å². The fourth-order valence-corrected chi connectivity index (χ4v) is 2.84. The van der Waals surface area contributed by atoms with Gasteiger partial charge in [-0.15, -0.1) is 0 Å². The van der Waals surface area contributed by atoms with Crippen molar-refractivity contribution >= 4 is 16.9 Å². The van der Waals surface area contributed by atoms with Crippen molar-refractivity contribution in [3.63, 3.8) is 0 Å². The summed E-state index contributed by atoms with van der Waals surface area (Å²) in [4.78, 5) is 10.8. The van der Waals surface area contributed by atoms with Crippen LogP contribution in [0.15, 0.2) is 66.6 Å². The molecular weight excluding hydrogens is 318 g/mol. The van der Waals surface area contributed by atoms with Crippen LogP contribution in [-0.2, 0) is 11.3 Å². The standard InChI is InChI=1S/C20H19NO4/c1-13-6-8-14(9-7-13)11-21-12-16(15-4-2-3-5-17(15)21)18(22)10-19(23)20(24)25/h2-10,12,18,22-23H,11H2,1H3,(H,24,25)/b19-10+. The molecule has 0 aliphatic heterocycles. The number of aliphatic hydroxyl groups is 2. The Labute approximate surface area is 145 Å². The van der Waals surface area contributed by atoms with Crippen LogP contribution < -0.4 is 0 Å². The fourth-order valence-electron chi connectivity index (χ4n) is 2.84. The Hall–Kier alpha value is -3.05. The van der Waals surface area contributed by atoms with Crippen molar-refractivity contribution in [1.82, 2.24) is 4.57 Å². The average molecular weight is 337 g/mol. The van der Waals surface area contributed by atoms with Crippen LogP contribution >= 0.6 is 0 Å². The molecule has 1 unspecified atom stereocenters. The molecule has 1 aromatic heterocycles. The number of aryl methyl sites for hydroxylation is 1. The van der Waals surface area contributed by atoms with E-state index in [4.69, 9.17) is 5.11 Å². The number of nitrogens with zero attached hydrogens (tertiary/aromatic N) is 1. The molecule has 0 bridgehead atoms. The highest BCUT2D eigenvalue weighted by atomic mass is 16.4. The van der Waals surface area contributed by atoms with Crippen LogP contribution in [0, 0.1) is 6.92 Å². The van der Waals surface area contributed by atoms with Crippen molar-refractivity contribution in [2.45, 2.75) is 19.6 Å². The maximum atomic E-state index is 10.8. The molecule has 0 saturated heterocycles. The van der Waals surface area contributed by atoms with Gasteiger partial charge >= 0.3 is 5.97 Å². The van der Waals surface area contributed by atoms with Crippen molar-refractivity contribution in [2.75, 3.05) is 0 Å². The zero-order valence-electron chi connectivity index (χ0n) is 13.8. The third kappa shape index (κ3) is 3.56. The van der Waals surface area contributed by atoms with Crippen molar-refractivity contribution in [3.05, 3.63) is 83.3 Å². The first-order valence-electron chi connectivity index (χ1n) is 7.91. The Morgan fingerprint density at radius 1 is 1.12 bits per heavy atom. The summed E-state index contributed by atoms with van der Waals surface area (Å²) in [5.41, 5.74) is 3.79. The lowest BCUT2D eigenvalue weighted by atomic mass is 10.1. The van der Waals surface area contributed by atoms with Gasteiger partial charge in [-0.1, -0.05) is 48.0 Å². The van der Waals surface area contributed by atoms with Crippen molar-refractivity contribution < 1.29 is 20.1 Å². The Kier molecular flexibility index (Phi) is 4.59. The first-order chi connectivity index (χ1) is 12.0. The molecular formula is C20H19NO4. The summed E-state index contributed by atoms with van der Waals surface area (Å²) >= 11 is 0. The van der Waals surface area contributed by atoms with Gasteiger partial charge in [0.15, 0.2) is 0 Å². The molecule has 5 nitrogen and oxygen atoms in total. The molecule has 0 aliphatic carbocycles. The van der Waals surface area contributed by atoms with Gasteiger partial charge in [0, 0.05) is 29.2 Å². The van der Waals surface area contributed by atoms with Crippen LogP contribution in [0.1, 0.15) is 22.8 Å². The second-order valence-electron chi connectivity index (χ2n) is 6.02. The van der Waals surface area contributed by atoms with Gasteiger partial charge in [-0.3, -0.25) is 0 Å². The van der Waals surface area contributed by atoms with Crippen LogP contribution in [0.4, 0.5) is 0 Å². The van der Waals surface area contributed by atoms with E-state index < -0.39 is 17.8 Å². The highest BCUT2D eigenvalue weighted by Gasteiger charge is 2.16. The molecule has 1 heterocycles. The van der Waals surface area contributed by atoms with Gasteiger partial charge in [-0.2, -0.15) is 0 Å². The quantitative estimate of drug-likeness (QED) is 0.491. The molecule has 0 saturated carbocycles. The zero-order valence-corrected chi connectivity index (χ0v) is 13.8. The SMILES string of the molecule is Cc1ccc(Cn2cc(C(O)/C=C(/O)C(=O)O)c3ccccc32)cc1. The molecule has 0 aliphatic rings. The lowest BCUT2D eigenvalue weighted by Crippen LogP contribution is -2.03. The topological polar surface area (TPSA) is 82.7 Å². The minimum atomic E-state index is -1.47. The molecule has 0 spiro atoms. The number of rotatable bonds is 5. The first-order valence-corrected chi connectivity index (χ1v) is 7.91. The molecule has 25 heavy (non-hydrogen) atoms. The highest BCUT2D eigenvalue weighted by Crippen LogP contribution is 2.28. The number of para-hydroxylation sites is 1. The van der Waals surface area contributed by atoms with E-state index in [0.29, 0.717) is 12.1 Å². The van der Waals surface area contributed by atoms with Crippen LogP contribution in [0.5, 0.6) is 0 Å². The number of hydrogen-bond donors (Lipinski definition) is 3. The van der Waals surface area contributed by atoms with Gasteiger partial charge in [0.2, 0.25) is 5.76 Å². The van der Waals surface area contributed by atoms with Crippen LogP contribution in [0.25, 0.3) is 10.9 Å². The highest BCUT2D eigenvalue weighted by molar-refractivity contribution is 5.86. The molecule has 3 rings (SSSR count). The third-order valence-electron chi connectivity index (χ3n) is 4.15. The van der Waals surface area contributed by atoms with Crippen LogP contribution in [0.3, 0.4) is 0 Å². The second kappa shape index (κ2) is 6.83. The van der Waals surface area contributed by atoms with Crippen molar-refractivity contribution in [2.24, 2.45) is 0 Å². The molecule has 5 heteroatoms. The van der Waals surface area contributed by atoms with Gasteiger partial charge in [0.25, 0.3) is 0 Å². The van der Waals surface area contributed by atoms with Gasteiger partial charge in [-0.25, -0.2) is 4.79 Å². The fraction of sp³-hybridized carbons (Fsp3) is 0.150. The summed E-state index contributed by atoms with van der Waals surface area (Å²) in [5, 5.41) is 29.3. The monoisotopic (exact) mass is 337 g/mol. The zero-order chi connectivity index (χ0) is 18.0. The van der Waals surface area contributed by atoms with E-state index in [1.54, 1.807) is 6.20 Å². The molecule has 128 valence electrons. The van der Waals surface area contributed by atoms with Crippen molar-refractivity contribution in [3.8, 4) is 0 Å². The van der Waals surface area contributed by atoms with Gasteiger partial charge in [-0.05, 0) is 24.6 Å². The van der Waals surface area contributed by atoms with E-state index in [1.165, 1.54) is 5.56 Å². The van der Waals surface area contributed by atoms with E-state index in [-0.39, 0.29) is 0 Å². The number of fused-ring (bicyclic) bond motifs is 1. The van der Waals surface area contributed by atoms with E-state index in [2.05, 4.69) is 12.1 Å². The second-order valence-corrected chi connectivity index (χ2v) is 6.02. The molecule has 0 radical (unpaired) electrons. The molecule has 3 N–H and O–H groups in total. The Morgan fingerprint density at radius 2 is 1.80 bits per heavy atom. The number of aromatic nitrogens is 1. The Morgan fingerprint density at radius 3 is 2.48 bits per heavy atom. The minimum Gasteiger partial charge on any atom is -0.502 e. The normalized spacial score (nSPS) is 13.1. The summed E-state index contributed by atoms with van der Waals surface area (Å²) < 4.78 is 2.00. The van der Waals surface area contributed by atoms with E-state index >= 15 is 0 Å². The van der Waals surface area contributed by atoms with Crippen molar-refractivity contribution in [1.29, 1.82) is 0 Å². The number of carbonyl (C=O) groups is 1. The molecule has 0 fully saturated rings. The Bertz CT molecular complexity index is 938.